The number of fused-ring (bicyclic) bond motifs is 3. The minimum atomic E-state index is -0.861. The Bertz CT molecular complexity index is 2060. The fraction of sp³-hybridized carbons (Fsp3) is 0. The molecule has 4 nitrogen and oxygen atoms in total. The van der Waals surface area contributed by atoms with Gasteiger partial charge in [-0.1, -0.05) is 115 Å². The summed E-state index contributed by atoms with van der Waals surface area (Å²) in [5.74, 6) is -2.97. The summed E-state index contributed by atoms with van der Waals surface area (Å²) >= 11 is 0. The molecular formula is C36H23BO4. The van der Waals surface area contributed by atoms with E-state index >= 15 is 0 Å². The summed E-state index contributed by atoms with van der Waals surface area (Å²) in [7, 11) is 6.25. The lowest BCUT2D eigenvalue weighted by atomic mass is 9.79. The lowest BCUT2D eigenvalue weighted by molar-refractivity contribution is 0.348. The Labute approximate surface area is 237 Å². The van der Waals surface area contributed by atoms with E-state index in [4.69, 9.17) is 7.85 Å². The molecule has 2 radical (unpaired) electrons. The molecule has 7 rings (SSSR count). The number of rotatable bonds is 3. The highest BCUT2D eigenvalue weighted by molar-refractivity contribution is 6.41. The summed E-state index contributed by atoms with van der Waals surface area (Å²) in [6.45, 7) is 0. The van der Waals surface area contributed by atoms with Gasteiger partial charge in [-0.3, -0.25) is 0 Å². The van der Waals surface area contributed by atoms with Crippen LogP contribution in [0.15, 0.2) is 115 Å². The maximum Gasteiger partial charge on any atom is 0.204 e. The minimum absolute atomic E-state index is 0.0584. The Morgan fingerprint density at radius 2 is 0.829 bits per heavy atom. The highest BCUT2D eigenvalue weighted by Crippen LogP contribution is 2.51. The van der Waals surface area contributed by atoms with Gasteiger partial charge in [-0.15, -0.1) is 0 Å². The van der Waals surface area contributed by atoms with Crippen molar-refractivity contribution in [2.75, 3.05) is 0 Å². The van der Waals surface area contributed by atoms with Crippen molar-refractivity contribution < 1.29 is 20.4 Å². The van der Waals surface area contributed by atoms with Gasteiger partial charge in [0.25, 0.3) is 0 Å². The second kappa shape index (κ2) is 9.35. The Morgan fingerprint density at radius 1 is 0.366 bits per heavy atom. The standard InChI is InChI=1S/C36H23BO4/c37-32-31(33(38)35(40)36(41)34(32)39)30-27-13-5-3-11-25(27)29(26-12-4-6-14-28(26)30)22-18-16-21(17-19-22)24-15-7-9-20-8-1-2-10-23(20)24/h1-19,38-41H. The average Bonchev–Trinajstić information content (AvgIpc) is 3.02. The van der Waals surface area contributed by atoms with Crippen LogP contribution in [0.4, 0.5) is 0 Å². The van der Waals surface area contributed by atoms with E-state index in [2.05, 4.69) is 60.7 Å². The first-order chi connectivity index (χ1) is 20.0. The van der Waals surface area contributed by atoms with Gasteiger partial charge in [0.15, 0.2) is 11.5 Å². The highest BCUT2D eigenvalue weighted by Gasteiger charge is 2.25. The Morgan fingerprint density at radius 3 is 1.44 bits per heavy atom. The van der Waals surface area contributed by atoms with Gasteiger partial charge in [0.2, 0.25) is 11.5 Å². The SMILES string of the molecule is [B]c1c(O)c(O)c(O)c(O)c1-c1c2ccccc2c(-c2ccc(-c3cccc4ccccc34)cc2)c2ccccc12. The second-order valence-corrected chi connectivity index (χ2v) is 10.1. The molecule has 0 atom stereocenters. The number of hydrogen-bond acceptors (Lipinski definition) is 4. The topological polar surface area (TPSA) is 80.9 Å². The van der Waals surface area contributed by atoms with Crippen LogP contribution in [0.3, 0.4) is 0 Å². The van der Waals surface area contributed by atoms with Crippen molar-refractivity contribution in [3.63, 3.8) is 0 Å². The van der Waals surface area contributed by atoms with E-state index in [0.29, 0.717) is 5.56 Å². The molecule has 0 aliphatic rings. The number of aromatic hydroxyl groups is 4. The van der Waals surface area contributed by atoms with Crippen LogP contribution in [0.2, 0.25) is 0 Å². The quantitative estimate of drug-likeness (QED) is 0.0815. The largest absolute Gasteiger partial charge is 0.505 e. The molecule has 41 heavy (non-hydrogen) atoms. The molecule has 0 unspecified atom stereocenters. The van der Waals surface area contributed by atoms with Crippen molar-refractivity contribution in [3.05, 3.63) is 115 Å². The van der Waals surface area contributed by atoms with Crippen molar-refractivity contribution in [1.29, 1.82) is 0 Å². The zero-order chi connectivity index (χ0) is 28.2. The monoisotopic (exact) mass is 530 g/mol. The van der Waals surface area contributed by atoms with E-state index in [1.807, 2.05) is 54.6 Å². The molecule has 0 saturated heterocycles. The van der Waals surface area contributed by atoms with Crippen LogP contribution >= 0.6 is 0 Å². The van der Waals surface area contributed by atoms with Crippen LogP contribution in [0.1, 0.15) is 0 Å². The average molecular weight is 530 g/mol. The van der Waals surface area contributed by atoms with E-state index in [0.717, 1.165) is 43.8 Å². The lowest BCUT2D eigenvalue weighted by Gasteiger charge is -2.21. The normalized spacial score (nSPS) is 11.4. The summed E-state index contributed by atoms with van der Waals surface area (Å²) in [4.78, 5) is 0. The molecule has 0 heterocycles. The van der Waals surface area contributed by atoms with Gasteiger partial charge in [-0.25, -0.2) is 0 Å². The van der Waals surface area contributed by atoms with E-state index in [9.17, 15) is 20.4 Å². The first-order valence-electron chi connectivity index (χ1n) is 13.2. The molecule has 0 aromatic heterocycles. The van der Waals surface area contributed by atoms with Crippen molar-refractivity contribution in [3.8, 4) is 56.4 Å². The first kappa shape index (κ1) is 24.6. The fourth-order valence-corrected chi connectivity index (χ4v) is 5.97. The third-order valence-electron chi connectivity index (χ3n) is 7.89. The van der Waals surface area contributed by atoms with E-state index < -0.39 is 23.0 Å². The molecular weight excluding hydrogens is 507 g/mol. The van der Waals surface area contributed by atoms with Gasteiger partial charge in [-0.2, -0.15) is 0 Å². The highest BCUT2D eigenvalue weighted by atomic mass is 16.3. The minimum Gasteiger partial charge on any atom is -0.505 e. The Balaban J connectivity index is 1.51. The van der Waals surface area contributed by atoms with Crippen LogP contribution < -0.4 is 5.46 Å². The van der Waals surface area contributed by atoms with Crippen LogP contribution in [-0.4, -0.2) is 28.3 Å². The van der Waals surface area contributed by atoms with E-state index in [-0.39, 0.29) is 11.0 Å². The van der Waals surface area contributed by atoms with E-state index in [1.54, 1.807) is 0 Å². The molecule has 0 saturated carbocycles. The third-order valence-corrected chi connectivity index (χ3v) is 7.89. The van der Waals surface area contributed by atoms with Crippen molar-refractivity contribution in [1.82, 2.24) is 0 Å². The van der Waals surface area contributed by atoms with Crippen LogP contribution in [-0.2, 0) is 0 Å². The zero-order valence-electron chi connectivity index (χ0n) is 21.8. The van der Waals surface area contributed by atoms with Crippen molar-refractivity contribution >= 4 is 45.6 Å². The molecule has 4 N–H and O–H groups in total. The maximum atomic E-state index is 11.0. The first-order valence-corrected chi connectivity index (χ1v) is 13.2. The summed E-state index contributed by atoms with van der Waals surface area (Å²) in [6.07, 6.45) is 0. The van der Waals surface area contributed by atoms with Gasteiger partial charge >= 0.3 is 0 Å². The predicted octanol–water partition coefficient (Wildman–Crippen LogP) is 7.76. The van der Waals surface area contributed by atoms with Gasteiger partial charge in [0.05, 0.1) is 0 Å². The summed E-state index contributed by atoms with van der Waals surface area (Å²) in [5, 5.41) is 47.6. The number of phenolic OH excluding ortho intramolecular Hbond substituents is 4. The molecule has 0 amide bonds. The van der Waals surface area contributed by atoms with Crippen LogP contribution in [0.25, 0.3) is 65.7 Å². The summed E-state index contributed by atoms with van der Waals surface area (Å²) < 4.78 is 0. The molecule has 0 aliphatic carbocycles. The Hall–Kier alpha value is -5.42. The van der Waals surface area contributed by atoms with Crippen LogP contribution in [0.5, 0.6) is 23.0 Å². The van der Waals surface area contributed by atoms with Gasteiger partial charge in [0.1, 0.15) is 7.85 Å². The molecule has 0 spiro atoms. The van der Waals surface area contributed by atoms with Crippen LogP contribution in [0, 0.1) is 0 Å². The molecule has 0 fully saturated rings. The molecule has 0 aliphatic heterocycles. The summed E-state index contributed by atoms with van der Waals surface area (Å²) in [5.41, 5.74) is 4.69. The number of hydrogen-bond donors (Lipinski definition) is 4. The summed E-state index contributed by atoms with van der Waals surface area (Å²) in [6, 6.07) is 38.7. The van der Waals surface area contributed by atoms with Gasteiger partial charge < -0.3 is 20.4 Å². The predicted molar refractivity (Wildman–Crippen MR) is 167 cm³/mol. The van der Waals surface area contributed by atoms with Crippen molar-refractivity contribution in [2.24, 2.45) is 0 Å². The molecule has 5 heteroatoms. The second-order valence-electron chi connectivity index (χ2n) is 10.1. The molecule has 194 valence electrons. The molecule has 7 aromatic carbocycles. The number of benzene rings is 7. The van der Waals surface area contributed by atoms with E-state index in [1.165, 1.54) is 10.8 Å². The molecule has 7 aromatic rings. The number of phenols is 4. The lowest BCUT2D eigenvalue weighted by Crippen LogP contribution is -2.09. The fourth-order valence-electron chi connectivity index (χ4n) is 5.97. The smallest absolute Gasteiger partial charge is 0.204 e. The maximum absolute atomic E-state index is 11.0. The van der Waals surface area contributed by atoms with Crippen molar-refractivity contribution in [2.45, 2.75) is 0 Å². The third kappa shape index (κ3) is 3.70. The van der Waals surface area contributed by atoms with Gasteiger partial charge in [-0.05, 0) is 60.0 Å². The van der Waals surface area contributed by atoms with Gasteiger partial charge in [0, 0.05) is 11.1 Å². The Kier molecular flexibility index (Phi) is 5.61. The zero-order valence-corrected chi connectivity index (χ0v) is 21.8. The molecule has 0 bridgehead atoms.